The molecule has 0 radical (unpaired) electrons. The Bertz CT molecular complexity index is 277. The molecule has 0 aromatic rings. The molecule has 0 heterocycles. The van der Waals surface area contributed by atoms with Gasteiger partial charge in [0.05, 0.1) is 7.11 Å². The topological polar surface area (TPSA) is 35.5 Å². The van der Waals surface area contributed by atoms with Crippen molar-refractivity contribution >= 4 is 24.7 Å². The van der Waals surface area contributed by atoms with Crippen molar-refractivity contribution in [2.45, 2.75) is 70.6 Å². The number of esters is 1. The molecule has 1 unspecified atom stereocenters. The highest BCUT2D eigenvalue weighted by Gasteiger charge is 2.23. The van der Waals surface area contributed by atoms with Crippen LogP contribution in [0, 0.1) is 0 Å². The SMILES string of the molecule is C=CCC(CCCCCCCC(=O)OC)O[Si](C)(C)Cl. The van der Waals surface area contributed by atoms with E-state index in [0.717, 1.165) is 38.5 Å². The Kier molecular flexibility index (Phi) is 11.2. The summed E-state index contributed by atoms with van der Waals surface area (Å²) in [7, 11) is -0.548. The lowest BCUT2D eigenvalue weighted by Gasteiger charge is -2.23. The number of hydrogen-bond donors (Lipinski definition) is 0. The summed E-state index contributed by atoms with van der Waals surface area (Å²) in [5.41, 5.74) is 0. The predicted octanol–water partition coefficient (Wildman–Crippen LogP) is 4.79. The number of ether oxygens (including phenoxy) is 1. The summed E-state index contributed by atoms with van der Waals surface area (Å²) < 4.78 is 10.5. The van der Waals surface area contributed by atoms with Gasteiger partial charge >= 0.3 is 5.97 Å². The Morgan fingerprint density at radius 1 is 1.25 bits per heavy atom. The molecule has 0 amide bonds. The van der Waals surface area contributed by atoms with Gasteiger partial charge in [0.15, 0.2) is 0 Å². The molecule has 0 bridgehead atoms. The summed E-state index contributed by atoms with van der Waals surface area (Å²) in [6.07, 6.45) is 10.0. The fourth-order valence-electron chi connectivity index (χ4n) is 2.08. The van der Waals surface area contributed by atoms with Crippen LogP contribution in [0.2, 0.25) is 13.1 Å². The number of rotatable bonds is 12. The molecule has 0 saturated carbocycles. The number of halogens is 1. The Morgan fingerprint density at radius 3 is 2.40 bits per heavy atom. The van der Waals surface area contributed by atoms with E-state index in [1.54, 1.807) is 0 Å². The molecule has 0 aliphatic rings. The van der Waals surface area contributed by atoms with Gasteiger partial charge in [0, 0.05) is 12.5 Å². The number of carbonyl (C=O) groups excluding carboxylic acids is 1. The molecule has 5 heteroatoms. The quantitative estimate of drug-likeness (QED) is 0.170. The van der Waals surface area contributed by atoms with E-state index >= 15 is 0 Å². The van der Waals surface area contributed by atoms with Crippen LogP contribution in [0.3, 0.4) is 0 Å². The lowest BCUT2D eigenvalue weighted by atomic mass is 10.1. The number of hydrogen-bond acceptors (Lipinski definition) is 3. The molecule has 0 aliphatic carbocycles. The van der Waals surface area contributed by atoms with Crippen LogP contribution in [0.25, 0.3) is 0 Å². The van der Waals surface area contributed by atoms with Gasteiger partial charge in [0.2, 0.25) is 0 Å². The standard InChI is InChI=1S/C15H29ClO3Si/c1-5-11-14(19-20(3,4)16)12-9-7-6-8-10-13-15(17)18-2/h5,14H,1,6-13H2,2-4H3. The van der Waals surface area contributed by atoms with Gasteiger partial charge in [-0.2, -0.15) is 0 Å². The summed E-state index contributed by atoms with van der Waals surface area (Å²) in [5, 5.41) is 0. The average Bonchev–Trinajstić information content (AvgIpc) is 2.35. The highest BCUT2D eigenvalue weighted by Crippen LogP contribution is 2.19. The van der Waals surface area contributed by atoms with Crippen molar-refractivity contribution in [1.82, 2.24) is 0 Å². The Hall–Kier alpha value is -0.323. The molecule has 118 valence electrons. The molecule has 0 aromatic heterocycles. The van der Waals surface area contributed by atoms with Crippen molar-refractivity contribution in [3.8, 4) is 0 Å². The van der Waals surface area contributed by atoms with Crippen LogP contribution >= 0.6 is 11.1 Å². The second-order valence-corrected chi connectivity index (χ2v) is 11.2. The van der Waals surface area contributed by atoms with E-state index in [1.807, 2.05) is 19.2 Å². The van der Waals surface area contributed by atoms with Crippen LogP contribution in [-0.2, 0) is 14.0 Å². The maximum Gasteiger partial charge on any atom is 0.305 e. The van der Waals surface area contributed by atoms with Gasteiger partial charge in [0.25, 0.3) is 7.63 Å². The molecule has 0 aliphatic heterocycles. The molecule has 3 nitrogen and oxygen atoms in total. The number of methoxy groups -OCH3 is 1. The fourth-order valence-corrected chi connectivity index (χ4v) is 3.47. The number of carbonyl (C=O) groups is 1. The van der Waals surface area contributed by atoms with E-state index in [4.69, 9.17) is 15.5 Å². The van der Waals surface area contributed by atoms with E-state index in [2.05, 4.69) is 11.3 Å². The first kappa shape index (κ1) is 19.7. The van der Waals surface area contributed by atoms with Crippen molar-refractivity contribution in [2.75, 3.05) is 7.11 Å². The van der Waals surface area contributed by atoms with Crippen LogP contribution in [0.4, 0.5) is 0 Å². The van der Waals surface area contributed by atoms with Crippen molar-refractivity contribution in [2.24, 2.45) is 0 Å². The van der Waals surface area contributed by atoms with Crippen LogP contribution in [0.15, 0.2) is 12.7 Å². The smallest absolute Gasteiger partial charge is 0.305 e. The minimum atomic E-state index is -1.98. The summed E-state index contributed by atoms with van der Waals surface area (Å²) in [6.45, 7) is 7.77. The van der Waals surface area contributed by atoms with E-state index < -0.39 is 7.63 Å². The van der Waals surface area contributed by atoms with E-state index in [1.165, 1.54) is 13.5 Å². The van der Waals surface area contributed by atoms with Gasteiger partial charge in [-0.05, 0) is 32.4 Å². The lowest BCUT2D eigenvalue weighted by molar-refractivity contribution is -0.140. The minimum absolute atomic E-state index is 0.112. The summed E-state index contributed by atoms with van der Waals surface area (Å²) >= 11 is 6.23. The lowest BCUT2D eigenvalue weighted by Crippen LogP contribution is -2.29. The van der Waals surface area contributed by atoms with Crippen molar-refractivity contribution in [3.05, 3.63) is 12.7 Å². The van der Waals surface area contributed by atoms with Crippen LogP contribution in [-0.4, -0.2) is 26.8 Å². The zero-order chi connectivity index (χ0) is 15.4. The molecule has 0 aromatic carbocycles. The first-order chi connectivity index (χ1) is 9.39. The molecule has 0 fully saturated rings. The molecular formula is C15H29ClO3Si. The summed E-state index contributed by atoms with van der Waals surface area (Å²) in [5.74, 6) is -0.112. The van der Waals surface area contributed by atoms with Gasteiger partial charge < -0.3 is 9.16 Å². The Labute approximate surface area is 129 Å². The summed E-state index contributed by atoms with van der Waals surface area (Å²) in [6, 6.07) is 0. The third-order valence-electron chi connectivity index (χ3n) is 3.01. The van der Waals surface area contributed by atoms with Crippen molar-refractivity contribution < 1.29 is 14.0 Å². The second kappa shape index (κ2) is 11.3. The molecule has 0 saturated heterocycles. The monoisotopic (exact) mass is 320 g/mol. The second-order valence-electron chi connectivity index (χ2n) is 5.51. The normalized spacial score (nSPS) is 13.0. The third kappa shape index (κ3) is 12.7. The Morgan fingerprint density at radius 2 is 1.85 bits per heavy atom. The average molecular weight is 321 g/mol. The van der Waals surface area contributed by atoms with Gasteiger partial charge in [-0.15, -0.1) is 17.7 Å². The van der Waals surface area contributed by atoms with Crippen LogP contribution in [0.5, 0.6) is 0 Å². The van der Waals surface area contributed by atoms with E-state index in [-0.39, 0.29) is 12.1 Å². The maximum absolute atomic E-state index is 10.9. The van der Waals surface area contributed by atoms with Crippen LogP contribution in [0.1, 0.15) is 51.4 Å². The minimum Gasteiger partial charge on any atom is -0.469 e. The largest absolute Gasteiger partial charge is 0.469 e. The molecule has 20 heavy (non-hydrogen) atoms. The first-order valence-corrected chi connectivity index (χ1v) is 11.4. The highest BCUT2D eigenvalue weighted by molar-refractivity contribution is 7.15. The molecule has 0 N–H and O–H groups in total. The molecular weight excluding hydrogens is 292 g/mol. The maximum atomic E-state index is 10.9. The molecule has 0 spiro atoms. The summed E-state index contributed by atoms with van der Waals surface area (Å²) in [4.78, 5) is 10.9. The van der Waals surface area contributed by atoms with Gasteiger partial charge in [-0.25, -0.2) is 0 Å². The highest BCUT2D eigenvalue weighted by atomic mass is 35.6. The molecule has 1 atom stereocenters. The zero-order valence-electron chi connectivity index (χ0n) is 13.1. The van der Waals surface area contributed by atoms with Crippen molar-refractivity contribution in [1.29, 1.82) is 0 Å². The Balaban J connectivity index is 3.63. The first-order valence-electron chi connectivity index (χ1n) is 7.43. The van der Waals surface area contributed by atoms with Crippen molar-refractivity contribution in [3.63, 3.8) is 0 Å². The zero-order valence-corrected chi connectivity index (χ0v) is 14.9. The fraction of sp³-hybridized carbons (Fsp3) is 0.800. The third-order valence-corrected chi connectivity index (χ3v) is 4.17. The predicted molar refractivity (Wildman–Crippen MR) is 87.4 cm³/mol. The van der Waals surface area contributed by atoms with Crippen LogP contribution < -0.4 is 0 Å². The van der Waals surface area contributed by atoms with Gasteiger partial charge in [-0.3, -0.25) is 4.79 Å². The molecule has 0 rings (SSSR count). The van der Waals surface area contributed by atoms with E-state index in [0.29, 0.717) is 6.42 Å². The van der Waals surface area contributed by atoms with E-state index in [9.17, 15) is 4.79 Å². The van der Waals surface area contributed by atoms with Gasteiger partial charge in [0.1, 0.15) is 0 Å². The van der Waals surface area contributed by atoms with Gasteiger partial charge in [-0.1, -0.05) is 31.8 Å². The number of unbranched alkanes of at least 4 members (excludes halogenated alkanes) is 4.